The number of carbonyl (C=O) groups is 2. The number of carboxylic acids is 1. The molecule has 2 aromatic carbocycles. The maximum absolute atomic E-state index is 14.6. The number of aromatic hydroxyl groups is 1. The molecule has 0 aliphatic rings. The van der Waals surface area contributed by atoms with Crippen LogP contribution in [0.3, 0.4) is 0 Å². The highest BCUT2D eigenvalue weighted by Crippen LogP contribution is 2.31. The Morgan fingerprint density at radius 2 is 1.79 bits per heavy atom. The molecule has 9 heteroatoms. The van der Waals surface area contributed by atoms with Crippen LogP contribution in [0.1, 0.15) is 29.2 Å². The number of benzene rings is 2. The van der Waals surface area contributed by atoms with Crippen LogP contribution in [0.2, 0.25) is 0 Å². The zero-order chi connectivity index (χ0) is 24.3. The van der Waals surface area contributed by atoms with Crippen LogP contribution in [0.5, 0.6) is 5.75 Å². The predicted octanol–water partition coefficient (Wildman–Crippen LogP) is 3.85. The second kappa shape index (κ2) is 9.56. The SMILES string of the molecule is Cc1cccc(C)c1-c1cc(F)cc([C@H](CC(=O)O)NC(=O)Nc2c(O)ccn(C)c2=O)c1. The lowest BCUT2D eigenvalue weighted by molar-refractivity contribution is -0.137. The summed E-state index contributed by atoms with van der Waals surface area (Å²) in [5.41, 5.74) is 2.44. The number of nitrogens with one attached hydrogen (secondary N) is 2. The summed E-state index contributed by atoms with van der Waals surface area (Å²) in [5, 5.41) is 24.0. The number of rotatable bonds is 6. The summed E-state index contributed by atoms with van der Waals surface area (Å²) in [6.07, 6.45) is 0.803. The number of anilines is 1. The number of urea groups is 1. The Kier molecular flexibility index (Phi) is 6.81. The molecular formula is C24H24FN3O5. The smallest absolute Gasteiger partial charge is 0.319 e. The van der Waals surface area contributed by atoms with Crippen molar-refractivity contribution in [3.63, 3.8) is 0 Å². The van der Waals surface area contributed by atoms with Gasteiger partial charge < -0.3 is 25.4 Å². The second-order valence-electron chi connectivity index (χ2n) is 7.78. The number of hydrogen-bond donors (Lipinski definition) is 4. The van der Waals surface area contributed by atoms with Crippen LogP contribution in [0.4, 0.5) is 14.9 Å². The van der Waals surface area contributed by atoms with Crippen LogP contribution in [0, 0.1) is 19.7 Å². The number of carbonyl (C=O) groups excluding carboxylic acids is 1. The van der Waals surface area contributed by atoms with E-state index in [4.69, 9.17) is 0 Å². The first-order valence-electron chi connectivity index (χ1n) is 10.1. The lowest BCUT2D eigenvalue weighted by Crippen LogP contribution is -2.36. The normalized spacial score (nSPS) is 11.6. The summed E-state index contributed by atoms with van der Waals surface area (Å²) >= 11 is 0. The van der Waals surface area contributed by atoms with Crippen molar-refractivity contribution in [3.05, 3.63) is 81.5 Å². The summed E-state index contributed by atoms with van der Waals surface area (Å²) in [5.74, 6) is -2.24. The largest absolute Gasteiger partial charge is 0.505 e. The fourth-order valence-corrected chi connectivity index (χ4v) is 3.70. The molecule has 172 valence electrons. The van der Waals surface area contributed by atoms with E-state index >= 15 is 0 Å². The minimum Gasteiger partial charge on any atom is -0.505 e. The predicted molar refractivity (Wildman–Crippen MR) is 122 cm³/mol. The first kappa shape index (κ1) is 23.5. The summed E-state index contributed by atoms with van der Waals surface area (Å²) in [7, 11) is 1.44. The molecule has 0 unspecified atom stereocenters. The maximum atomic E-state index is 14.6. The topological polar surface area (TPSA) is 121 Å². The molecule has 0 bridgehead atoms. The molecular weight excluding hydrogens is 429 g/mol. The summed E-state index contributed by atoms with van der Waals surface area (Å²) < 4.78 is 15.7. The van der Waals surface area contributed by atoms with E-state index in [1.807, 2.05) is 32.0 Å². The Labute approximate surface area is 189 Å². The van der Waals surface area contributed by atoms with Gasteiger partial charge in [-0.25, -0.2) is 9.18 Å². The number of carboxylic acid groups (broad SMARTS) is 1. The average Bonchev–Trinajstić information content (AvgIpc) is 2.73. The van der Waals surface area contributed by atoms with Gasteiger partial charge in [-0.3, -0.25) is 9.59 Å². The van der Waals surface area contributed by atoms with Crippen molar-refractivity contribution in [1.82, 2.24) is 9.88 Å². The molecule has 0 radical (unpaired) electrons. The van der Waals surface area contributed by atoms with E-state index in [-0.39, 0.29) is 11.3 Å². The van der Waals surface area contributed by atoms with Crippen LogP contribution in [0.15, 0.2) is 53.5 Å². The van der Waals surface area contributed by atoms with Gasteiger partial charge in [-0.15, -0.1) is 0 Å². The molecule has 3 rings (SSSR count). The Morgan fingerprint density at radius 3 is 2.42 bits per heavy atom. The van der Waals surface area contributed by atoms with Gasteiger partial charge in [0.25, 0.3) is 5.56 Å². The summed E-state index contributed by atoms with van der Waals surface area (Å²) in [6, 6.07) is 9.01. The van der Waals surface area contributed by atoms with Crippen molar-refractivity contribution in [2.75, 3.05) is 5.32 Å². The van der Waals surface area contributed by atoms with Crippen molar-refractivity contribution in [3.8, 4) is 16.9 Å². The van der Waals surface area contributed by atoms with Crippen LogP contribution < -0.4 is 16.2 Å². The van der Waals surface area contributed by atoms with E-state index in [2.05, 4.69) is 10.6 Å². The highest BCUT2D eigenvalue weighted by molar-refractivity contribution is 5.91. The molecule has 3 aromatic rings. The molecule has 0 spiro atoms. The maximum Gasteiger partial charge on any atom is 0.319 e. The second-order valence-corrected chi connectivity index (χ2v) is 7.78. The van der Waals surface area contributed by atoms with E-state index in [1.165, 1.54) is 25.4 Å². The third-order valence-electron chi connectivity index (χ3n) is 5.26. The lowest BCUT2D eigenvalue weighted by Gasteiger charge is -2.20. The van der Waals surface area contributed by atoms with Crippen molar-refractivity contribution in [1.29, 1.82) is 0 Å². The van der Waals surface area contributed by atoms with Gasteiger partial charge in [0.15, 0.2) is 5.69 Å². The Morgan fingerprint density at radius 1 is 1.12 bits per heavy atom. The number of pyridine rings is 1. The van der Waals surface area contributed by atoms with E-state index < -0.39 is 41.6 Å². The van der Waals surface area contributed by atoms with Gasteiger partial charge in [0.05, 0.1) is 12.5 Å². The summed E-state index contributed by atoms with van der Waals surface area (Å²) in [6.45, 7) is 3.78. The Balaban J connectivity index is 1.96. The molecule has 1 heterocycles. The minimum atomic E-state index is -1.21. The van der Waals surface area contributed by atoms with Gasteiger partial charge in [0, 0.05) is 13.2 Å². The lowest BCUT2D eigenvalue weighted by atomic mass is 9.92. The molecule has 4 N–H and O–H groups in total. The summed E-state index contributed by atoms with van der Waals surface area (Å²) in [4.78, 5) is 36.2. The standard InChI is InChI=1S/C24H24FN3O5/c1-13-5-4-6-14(2)21(13)16-9-15(10-17(25)11-16)18(12-20(30)31)26-24(33)27-22-19(29)7-8-28(3)23(22)32/h4-11,18,29H,12H2,1-3H3,(H,30,31)(H2,26,27,33)/t18-/m0/s1. The van der Waals surface area contributed by atoms with Crippen molar-refractivity contribution in [2.45, 2.75) is 26.3 Å². The first-order chi connectivity index (χ1) is 15.6. The van der Waals surface area contributed by atoms with Crippen LogP contribution in [-0.4, -0.2) is 26.8 Å². The molecule has 8 nitrogen and oxygen atoms in total. The van der Waals surface area contributed by atoms with Crippen molar-refractivity contribution in [2.24, 2.45) is 7.05 Å². The average molecular weight is 453 g/mol. The molecule has 0 saturated carbocycles. The van der Waals surface area contributed by atoms with Gasteiger partial charge in [-0.1, -0.05) is 18.2 Å². The third-order valence-corrected chi connectivity index (χ3v) is 5.26. The molecule has 0 fully saturated rings. The number of aromatic nitrogens is 1. The number of aryl methyl sites for hydroxylation is 3. The Bertz CT molecular complexity index is 1270. The third kappa shape index (κ3) is 5.38. The number of nitrogens with zero attached hydrogens (tertiary/aromatic N) is 1. The number of aliphatic carboxylic acids is 1. The quantitative estimate of drug-likeness (QED) is 0.452. The fraction of sp³-hybridized carbons (Fsp3) is 0.208. The molecule has 1 aromatic heterocycles. The molecule has 0 saturated heterocycles. The fourth-order valence-electron chi connectivity index (χ4n) is 3.70. The van der Waals surface area contributed by atoms with E-state index in [0.29, 0.717) is 5.56 Å². The van der Waals surface area contributed by atoms with Crippen LogP contribution in [0.25, 0.3) is 11.1 Å². The van der Waals surface area contributed by atoms with Gasteiger partial charge in [-0.05, 0) is 65.9 Å². The number of amides is 2. The molecule has 1 atom stereocenters. The molecule has 0 aliphatic carbocycles. The van der Waals surface area contributed by atoms with E-state index in [1.54, 1.807) is 6.07 Å². The number of halogens is 1. The molecule has 33 heavy (non-hydrogen) atoms. The van der Waals surface area contributed by atoms with Gasteiger partial charge >= 0.3 is 12.0 Å². The highest BCUT2D eigenvalue weighted by atomic mass is 19.1. The Hall–Kier alpha value is -4.14. The first-order valence-corrected chi connectivity index (χ1v) is 10.1. The molecule has 2 amide bonds. The van der Waals surface area contributed by atoms with Gasteiger partial charge in [-0.2, -0.15) is 0 Å². The van der Waals surface area contributed by atoms with Crippen molar-refractivity contribution < 1.29 is 24.2 Å². The minimum absolute atomic E-state index is 0.246. The van der Waals surface area contributed by atoms with Gasteiger partial charge in [0.2, 0.25) is 0 Å². The zero-order valence-corrected chi connectivity index (χ0v) is 18.3. The highest BCUT2D eigenvalue weighted by Gasteiger charge is 2.22. The van der Waals surface area contributed by atoms with Crippen LogP contribution >= 0.6 is 0 Å². The van der Waals surface area contributed by atoms with E-state index in [0.717, 1.165) is 27.3 Å². The molecule has 0 aliphatic heterocycles. The zero-order valence-electron chi connectivity index (χ0n) is 18.3. The van der Waals surface area contributed by atoms with Gasteiger partial charge in [0.1, 0.15) is 11.6 Å². The van der Waals surface area contributed by atoms with Crippen molar-refractivity contribution >= 4 is 17.7 Å². The van der Waals surface area contributed by atoms with E-state index in [9.17, 15) is 29.0 Å². The number of hydrogen-bond acceptors (Lipinski definition) is 4. The monoisotopic (exact) mass is 453 g/mol. The van der Waals surface area contributed by atoms with Crippen LogP contribution in [-0.2, 0) is 11.8 Å².